The molecule has 44 heavy (non-hydrogen) atoms. The minimum absolute atomic E-state index is 0.0976. The van der Waals surface area contributed by atoms with Gasteiger partial charge in [-0.3, -0.25) is 9.48 Å². The van der Waals surface area contributed by atoms with Gasteiger partial charge in [-0.2, -0.15) is 5.10 Å². The first-order chi connectivity index (χ1) is 20.9. The molecule has 0 fully saturated rings. The van der Waals surface area contributed by atoms with E-state index in [1.54, 1.807) is 19.2 Å². The predicted octanol–water partition coefficient (Wildman–Crippen LogP) is 8.10. The summed E-state index contributed by atoms with van der Waals surface area (Å²) in [6, 6.07) is 13.9. The second-order valence-electron chi connectivity index (χ2n) is 11.0. The van der Waals surface area contributed by atoms with Crippen molar-refractivity contribution < 1.29 is 19.4 Å². The zero-order valence-electron chi connectivity index (χ0n) is 25.5. The molecule has 0 aliphatic rings. The molecule has 8 nitrogen and oxygen atoms in total. The lowest BCUT2D eigenvalue weighted by Gasteiger charge is -2.18. The van der Waals surface area contributed by atoms with Crippen LogP contribution < -0.4 is 9.64 Å². The highest BCUT2D eigenvalue weighted by molar-refractivity contribution is 6.35. The number of aromatic nitrogens is 3. The summed E-state index contributed by atoms with van der Waals surface area (Å²) >= 11 is 13.2. The molecule has 2 N–H and O–H groups in total. The average molecular weight is 634 g/mol. The third-order valence-corrected chi connectivity index (χ3v) is 8.95. The van der Waals surface area contributed by atoms with Crippen molar-refractivity contribution in [3.05, 3.63) is 97.9 Å². The van der Waals surface area contributed by atoms with Crippen LogP contribution in [0.2, 0.25) is 10.0 Å². The summed E-state index contributed by atoms with van der Waals surface area (Å²) in [5.74, 6) is -0.619. The number of halogens is 2. The first kappa shape index (κ1) is 31.2. The molecule has 1 amide bonds. The highest BCUT2D eigenvalue weighted by atomic mass is 35.5. The second kappa shape index (κ2) is 12.4. The van der Waals surface area contributed by atoms with Gasteiger partial charge in [0.05, 0.1) is 28.4 Å². The van der Waals surface area contributed by atoms with Gasteiger partial charge >= 0.3 is 5.97 Å². The fraction of sp³-hybridized carbons (Fsp3) is 0.265. The molecule has 10 heteroatoms. The van der Waals surface area contributed by atoms with E-state index in [-0.39, 0.29) is 11.5 Å². The van der Waals surface area contributed by atoms with Crippen molar-refractivity contribution in [2.75, 3.05) is 18.6 Å². The number of fused-ring (bicyclic) bond motifs is 1. The van der Waals surface area contributed by atoms with Crippen LogP contribution in [0.15, 0.2) is 48.5 Å². The Morgan fingerprint density at radius 1 is 1.02 bits per heavy atom. The first-order valence-electron chi connectivity index (χ1n) is 14.2. The number of carbonyl (C=O) groups is 2. The molecule has 3 aromatic carbocycles. The number of aromatic amines is 1. The quantitative estimate of drug-likeness (QED) is 0.160. The van der Waals surface area contributed by atoms with Crippen LogP contribution in [0, 0.1) is 27.7 Å². The summed E-state index contributed by atoms with van der Waals surface area (Å²) in [7, 11) is 3.52. The van der Waals surface area contributed by atoms with E-state index in [0.717, 1.165) is 60.9 Å². The number of nitrogens with one attached hydrogen (secondary N) is 1. The molecular formula is C34H34Cl2N4O4. The number of amides is 1. The van der Waals surface area contributed by atoms with Crippen molar-refractivity contribution in [1.82, 2.24) is 14.8 Å². The number of aryl methyl sites for hydroxylation is 5. The lowest BCUT2D eigenvalue weighted by atomic mass is 9.98. The van der Waals surface area contributed by atoms with E-state index in [0.29, 0.717) is 35.9 Å². The van der Waals surface area contributed by atoms with E-state index in [2.05, 4.69) is 10.1 Å². The number of carbonyl (C=O) groups excluding carboxylic acids is 1. The SMILES string of the molecule is Cc1cc(OCCCc2c(C(=O)N(C)c3cccc(C(=O)O)c3)[nH]c3c(-c4c(C)nn(C)c4C)c(Cl)ccc23)cc(C)c1Cl. The fourth-order valence-corrected chi connectivity index (χ4v) is 6.04. The number of aromatic carboxylic acids is 1. The standard InChI is InChI=1S/C34H34Cl2N4O4/c1-18-15-24(16-19(2)30(18)36)44-14-8-11-25-26-12-13-27(35)29(28-20(3)38-40(6)21(28)4)31(26)37-32(25)33(41)39(5)23-10-7-9-22(17-23)34(42)43/h7,9-10,12-13,15-17,37H,8,11,14H2,1-6H3,(H,42,43). The van der Waals surface area contributed by atoms with Crippen molar-refractivity contribution in [3.8, 4) is 16.9 Å². The van der Waals surface area contributed by atoms with E-state index < -0.39 is 5.97 Å². The summed E-state index contributed by atoms with van der Waals surface area (Å²) in [6.45, 7) is 8.25. The van der Waals surface area contributed by atoms with Crippen LogP contribution in [0.5, 0.6) is 5.75 Å². The van der Waals surface area contributed by atoms with Crippen molar-refractivity contribution >= 4 is 51.7 Å². The molecule has 5 rings (SSSR count). The Bertz CT molecular complexity index is 1900. The molecule has 0 bridgehead atoms. The van der Waals surface area contributed by atoms with Crippen molar-refractivity contribution in [1.29, 1.82) is 0 Å². The number of carboxylic acids is 1. The van der Waals surface area contributed by atoms with Crippen LogP contribution in [0.4, 0.5) is 5.69 Å². The summed E-state index contributed by atoms with van der Waals surface area (Å²) in [4.78, 5) is 30.6. The predicted molar refractivity (Wildman–Crippen MR) is 176 cm³/mol. The Labute approximate surface area is 266 Å². The van der Waals surface area contributed by atoms with Crippen LogP contribution in [-0.4, -0.2) is 45.4 Å². The minimum atomic E-state index is -1.06. The number of anilines is 1. The molecular weight excluding hydrogens is 599 g/mol. The Morgan fingerprint density at radius 3 is 2.36 bits per heavy atom. The van der Waals surface area contributed by atoms with Crippen molar-refractivity contribution in [3.63, 3.8) is 0 Å². The highest BCUT2D eigenvalue weighted by Gasteiger charge is 2.26. The van der Waals surface area contributed by atoms with Gasteiger partial charge in [-0.05, 0) is 93.6 Å². The Kier molecular flexibility index (Phi) is 8.77. The normalized spacial score (nSPS) is 11.3. The lowest BCUT2D eigenvalue weighted by Crippen LogP contribution is -2.27. The van der Waals surface area contributed by atoms with Crippen molar-refractivity contribution in [2.24, 2.45) is 7.05 Å². The second-order valence-corrected chi connectivity index (χ2v) is 11.8. The number of benzene rings is 3. The number of rotatable bonds is 9. The maximum atomic E-state index is 14.1. The molecule has 0 saturated carbocycles. The van der Waals surface area contributed by atoms with Gasteiger partial charge in [-0.25, -0.2) is 4.79 Å². The van der Waals surface area contributed by atoms with Gasteiger partial charge < -0.3 is 19.7 Å². The van der Waals surface area contributed by atoms with E-state index >= 15 is 0 Å². The van der Waals surface area contributed by atoms with Gasteiger partial charge in [-0.15, -0.1) is 0 Å². The lowest BCUT2D eigenvalue weighted by molar-refractivity contribution is 0.0696. The largest absolute Gasteiger partial charge is 0.494 e. The highest BCUT2D eigenvalue weighted by Crippen LogP contribution is 2.40. The van der Waals surface area contributed by atoms with Crippen LogP contribution in [-0.2, 0) is 13.5 Å². The monoisotopic (exact) mass is 632 g/mol. The minimum Gasteiger partial charge on any atom is -0.494 e. The molecule has 0 atom stereocenters. The number of nitrogens with zero attached hydrogens (tertiary/aromatic N) is 3. The van der Waals surface area contributed by atoms with E-state index in [4.69, 9.17) is 27.9 Å². The molecule has 0 saturated heterocycles. The molecule has 2 aromatic heterocycles. The van der Waals surface area contributed by atoms with Crippen molar-refractivity contribution in [2.45, 2.75) is 40.5 Å². The molecule has 0 radical (unpaired) electrons. The molecule has 0 aliphatic heterocycles. The van der Waals surface area contributed by atoms with E-state index in [1.165, 1.54) is 17.0 Å². The Morgan fingerprint density at radius 2 is 1.73 bits per heavy atom. The number of hydrogen-bond donors (Lipinski definition) is 2. The third-order valence-electron chi connectivity index (χ3n) is 8.04. The molecule has 0 unspecified atom stereocenters. The topological polar surface area (TPSA) is 100 Å². The Balaban J connectivity index is 1.56. The zero-order chi connectivity index (χ0) is 31.9. The molecule has 228 valence electrons. The Hall–Kier alpha value is -4.27. The van der Waals surface area contributed by atoms with E-state index in [1.807, 2.05) is 63.7 Å². The van der Waals surface area contributed by atoms with E-state index in [9.17, 15) is 14.7 Å². The van der Waals surface area contributed by atoms with Crippen LogP contribution in [0.25, 0.3) is 22.0 Å². The van der Waals surface area contributed by atoms with Gasteiger partial charge in [0.2, 0.25) is 0 Å². The first-order valence-corrected chi connectivity index (χ1v) is 15.0. The molecule has 5 aromatic rings. The van der Waals surface area contributed by atoms with Crippen LogP contribution in [0.3, 0.4) is 0 Å². The van der Waals surface area contributed by atoms with Gasteiger partial charge in [0, 0.05) is 47.0 Å². The maximum Gasteiger partial charge on any atom is 0.335 e. The molecule has 2 heterocycles. The number of ether oxygens (including phenoxy) is 1. The molecule has 0 aliphatic carbocycles. The third kappa shape index (κ3) is 5.79. The van der Waals surface area contributed by atoms with Gasteiger partial charge in [0.25, 0.3) is 5.91 Å². The van der Waals surface area contributed by atoms with Crippen LogP contribution >= 0.6 is 23.2 Å². The van der Waals surface area contributed by atoms with Crippen LogP contribution in [0.1, 0.15) is 55.3 Å². The maximum absolute atomic E-state index is 14.1. The summed E-state index contributed by atoms with van der Waals surface area (Å²) in [5, 5.41) is 16.2. The molecule has 0 spiro atoms. The zero-order valence-corrected chi connectivity index (χ0v) is 27.0. The number of hydrogen-bond acceptors (Lipinski definition) is 4. The summed E-state index contributed by atoms with van der Waals surface area (Å²) < 4.78 is 7.90. The van der Waals surface area contributed by atoms with Gasteiger partial charge in [0.1, 0.15) is 11.4 Å². The summed E-state index contributed by atoms with van der Waals surface area (Å²) in [6.07, 6.45) is 1.18. The van der Waals surface area contributed by atoms with Gasteiger partial charge in [-0.1, -0.05) is 35.3 Å². The van der Waals surface area contributed by atoms with Gasteiger partial charge in [0.15, 0.2) is 0 Å². The summed E-state index contributed by atoms with van der Waals surface area (Å²) in [5.41, 5.74) is 7.92. The fourth-order valence-electron chi connectivity index (χ4n) is 5.68. The smallest absolute Gasteiger partial charge is 0.335 e. The number of H-pyrrole nitrogens is 1. The average Bonchev–Trinajstić information content (AvgIpc) is 3.48. The number of carboxylic acid groups (broad SMARTS) is 1.